The molecule has 3 fully saturated rings. The SMILES string of the molecule is COCCNC(=O)[C@H]1C[C@@H]2CC[C@@H]1C[C@@]21NC(=O)c2ccccc2N1. The van der Waals surface area contributed by atoms with Crippen molar-refractivity contribution >= 4 is 17.5 Å². The van der Waals surface area contributed by atoms with Gasteiger partial charge in [-0.25, -0.2) is 0 Å². The Morgan fingerprint density at radius 2 is 2.16 bits per heavy atom. The van der Waals surface area contributed by atoms with Gasteiger partial charge >= 0.3 is 0 Å². The predicted octanol–water partition coefficient (Wildman–Crippen LogP) is 1.74. The fourth-order valence-electron chi connectivity index (χ4n) is 4.87. The van der Waals surface area contributed by atoms with Crippen molar-refractivity contribution in [2.45, 2.75) is 31.3 Å². The molecule has 0 radical (unpaired) electrons. The van der Waals surface area contributed by atoms with E-state index in [0.717, 1.165) is 31.4 Å². The largest absolute Gasteiger partial charge is 0.383 e. The van der Waals surface area contributed by atoms with E-state index < -0.39 is 5.66 Å². The zero-order chi connectivity index (χ0) is 17.4. The molecule has 134 valence electrons. The first-order chi connectivity index (χ1) is 12.1. The van der Waals surface area contributed by atoms with Gasteiger partial charge in [0, 0.05) is 31.2 Å². The Kier molecular flexibility index (Phi) is 4.15. The topological polar surface area (TPSA) is 79.5 Å². The molecular formula is C19H25N3O3. The summed E-state index contributed by atoms with van der Waals surface area (Å²) in [5.41, 5.74) is 1.20. The maximum atomic E-state index is 12.6. The van der Waals surface area contributed by atoms with Gasteiger partial charge < -0.3 is 20.7 Å². The van der Waals surface area contributed by atoms with E-state index in [1.54, 1.807) is 7.11 Å². The van der Waals surface area contributed by atoms with E-state index in [1.165, 1.54) is 0 Å². The van der Waals surface area contributed by atoms with Gasteiger partial charge in [-0.3, -0.25) is 9.59 Å². The molecule has 3 saturated carbocycles. The maximum absolute atomic E-state index is 12.6. The molecule has 6 nitrogen and oxygen atoms in total. The van der Waals surface area contributed by atoms with Gasteiger partial charge in [0.25, 0.3) is 5.91 Å². The summed E-state index contributed by atoms with van der Waals surface area (Å²) in [5.74, 6) is 0.725. The molecular weight excluding hydrogens is 318 g/mol. The first-order valence-corrected chi connectivity index (χ1v) is 9.09. The Bertz CT molecular complexity index is 692. The minimum absolute atomic E-state index is 0.0111. The second-order valence-corrected chi connectivity index (χ2v) is 7.46. The van der Waals surface area contributed by atoms with Crippen molar-refractivity contribution in [2.24, 2.45) is 17.8 Å². The average Bonchev–Trinajstić information content (AvgIpc) is 2.62. The van der Waals surface area contributed by atoms with Crippen LogP contribution in [0.5, 0.6) is 0 Å². The molecule has 1 aromatic carbocycles. The van der Waals surface area contributed by atoms with Crippen LogP contribution in [0.4, 0.5) is 5.69 Å². The highest BCUT2D eigenvalue weighted by Crippen LogP contribution is 2.51. The van der Waals surface area contributed by atoms with E-state index in [1.807, 2.05) is 24.3 Å². The number of fused-ring (bicyclic) bond motifs is 3. The molecule has 3 N–H and O–H groups in total. The van der Waals surface area contributed by atoms with Gasteiger partial charge in [-0.15, -0.1) is 0 Å². The lowest BCUT2D eigenvalue weighted by atomic mass is 9.58. The van der Waals surface area contributed by atoms with E-state index in [0.29, 0.717) is 24.6 Å². The van der Waals surface area contributed by atoms with Crippen molar-refractivity contribution in [1.29, 1.82) is 0 Å². The van der Waals surface area contributed by atoms with Crippen molar-refractivity contribution in [3.05, 3.63) is 29.8 Å². The summed E-state index contributed by atoms with van der Waals surface area (Å²) in [7, 11) is 1.63. The molecule has 1 aromatic rings. The molecule has 0 saturated heterocycles. The summed E-state index contributed by atoms with van der Waals surface area (Å²) >= 11 is 0. The fourth-order valence-corrected chi connectivity index (χ4v) is 4.87. The molecule has 4 atom stereocenters. The Morgan fingerprint density at radius 3 is 2.92 bits per heavy atom. The van der Waals surface area contributed by atoms with Crippen LogP contribution in [0.25, 0.3) is 0 Å². The minimum atomic E-state index is -0.405. The third-order valence-corrected chi connectivity index (χ3v) is 6.08. The van der Waals surface area contributed by atoms with E-state index >= 15 is 0 Å². The molecule has 3 aliphatic carbocycles. The van der Waals surface area contributed by atoms with Crippen LogP contribution in [-0.2, 0) is 9.53 Å². The third kappa shape index (κ3) is 2.78. The van der Waals surface area contributed by atoms with Crippen molar-refractivity contribution in [2.75, 3.05) is 25.6 Å². The van der Waals surface area contributed by atoms with Crippen LogP contribution in [0.3, 0.4) is 0 Å². The highest BCUT2D eigenvalue weighted by Gasteiger charge is 2.55. The van der Waals surface area contributed by atoms with Crippen molar-refractivity contribution in [3.63, 3.8) is 0 Å². The second-order valence-electron chi connectivity index (χ2n) is 7.46. The van der Waals surface area contributed by atoms with Crippen LogP contribution in [-0.4, -0.2) is 37.7 Å². The smallest absolute Gasteiger partial charge is 0.255 e. The Hall–Kier alpha value is -2.08. The van der Waals surface area contributed by atoms with E-state index in [-0.39, 0.29) is 23.7 Å². The van der Waals surface area contributed by atoms with Crippen molar-refractivity contribution in [3.8, 4) is 0 Å². The summed E-state index contributed by atoms with van der Waals surface area (Å²) in [4.78, 5) is 25.1. The van der Waals surface area contributed by atoms with Gasteiger partial charge in [-0.2, -0.15) is 0 Å². The monoisotopic (exact) mass is 343 g/mol. The number of para-hydroxylation sites is 1. The third-order valence-electron chi connectivity index (χ3n) is 6.08. The molecule has 4 aliphatic rings. The number of methoxy groups -OCH3 is 1. The number of carbonyl (C=O) groups is 2. The molecule has 2 bridgehead atoms. The van der Waals surface area contributed by atoms with Gasteiger partial charge in [0.1, 0.15) is 5.66 Å². The van der Waals surface area contributed by atoms with Gasteiger partial charge in [-0.05, 0) is 43.7 Å². The molecule has 2 amide bonds. The van der Waals surface area contributed by atoms with Crippen LogP contribution in [0.2, 0.25) is 0 Å². The summed E-state index contributed by atoms with van der Waals surface area (Å²) in [5, 5.41) is 9.81. The number of benzene rings is 1. The quantitative estimate of drug-likeness (QED) is 0.728. The number of hydrogen-bond acceptors (Lipinski definition) is 4. The van der Waals surface area contributed by atoms with Crippen LogP contribution in [0.15, 0.2) is 24.3 Å². The zero-order valence-electron chi connectivity index (χ0n) is 14.5. The number of nitrogens with one attached hydrogen (secondary N) is 3. The van der Waals surface area contributed by atoms with Crippen LogP contribution in [0.1, 0.15) is 36.0 Å². The lowest BCUT2D eigenvalue weighted by Gasteiger charge is -2.56. The zero-order valence-corrected chi connectivity index (χ0v) is 14.5. The molecule has 5 rings (SSSR count). The predicted molar refractivity (Wildman–Crippen MR) is 94.1 cm³/mol. The van der Waals surface area contributed by atoms with E-state index in [4.69, 9.17) is 4.74 Å². The number of anilines is 1. The van der Waals surface area contributed by atoms with E-state index in [2.05, 4.69) is 16.0 Å². The second kappa shape index (κ2) is 6.33. The number of ether oxygens (including phenoxy) is 1. The van der Waals surface area contributed by atoms with Gasteiger partial charge in [0.2, 0.25) is 5.91 Å². The number of carbonyl (C=O) groups excluding carboxylic acids is 2. The van der Waals surface area contributed by atoms with E-state index in [9.17, 15) is 9.59 Å². The average molecular weight is 343 g/mol. The Labute approximate surface area is 147 Å². The van der Waals surface area contributed by atoms with Gasteiger partial charge in [0.15, 0.2) is 0 Å². The van der Waals surface area contributed by atoms with Crippen LogP contribution in [0, 0.1) is 17.8 Å². The number of amides is 2. The summed E-state index contributed by atoms with van der Waals surface area (Å²) < 4.78 is 5.00. The highest BCUT2D eigenvalue weighted by atomic mass is 16.5. The summed E-state index contributed by atoms with van der Waals surface area (Å²) in [6.07, 6.45) is 3.72. The first kappa shape index (κ1) is 16.4. The summed E-state index contributed by atoms with van der Waals surface area (Å²) in [6, 6.07) is 7.64. The molecule has 1 aliphatic heterocycles. The normalized spacial score (nSPS) is 32.7. The maximum Gasteiger partial charge on any atom is 0.255 e. The number of hydrogen-bond donors (Lipinski definition) is 3. The van der Waals surface area contributed by atoms with Crippen molar-refractivity contribution in [1.82, 2.24) is 10.6 Å². The van der Waals surface area contributed by atoms with Gasteiger partial charge in [0.05, 0.1) is 12.2 Å². The lowest BCUT2D eigenvalue weighted by molar-refractivity contribution is -0.132. The molecule has 0 unspecified atom stereocenters. The highest BCUT2D eigenvalue weighted by molar-refractivity contribution is 6.02. The van der Waals surface area contributed by atoms with Crippen LogP contribution >= 0.6 is 0 Å². The summed E-state index contributed by atoms with van der Waals surface area (Å²) in [6.45, 7) is 1.08. The Morgan fingerprint density at radius 1 is 1.32 bits per heavy atom. The fraction of sp³-hybridized carbons (Fsp3) is 0.579. The minimum Gasteiger partial charge on any atom is -0.383 e. The molecule has 1 spiro atoms. The number of rotatable bonds is 4. The Balaban J connectivity index is 1.51. The van der Waals surface area contributed by atoms with Crippen LogP contribution < -0.4 is 16.0 Å². The van der Waals surface area contributed by atoms with Gasteiger partial charge in [-0.1, -0.05) is 12.1 Å². The molecule has 6 heteroatoms. The molecule has 0 aromatic heterocycles. The molecule has 25 heavy (non-hydrogen) atoms. The molecule has 1 heterocycles. The van der Waals surface area contributed by atoms with Crippen molar-refractivity contribution < 1.29 is 14.3 Å². The first-order valence-electron chi connectivity index (χ1n) is 9.09. The standard InChI is InChI=1S/C19H25N3O3/c1-25-9-8-20-17(23)15-10-13-7-6-12(15)11-19(13)21-16-5-3-2-4-14(16)18(24)22-19/h2-5,12-13,15,21H,6-11H2,1H3,(H,20,23)(H,22,24)/t12-,13+,15+,19-/m1/s1. The lowest BCUT2D eigenvalue weighted by Crippen LogP contribution is -2.68.